The van der Waals surface area contributed by atoms with Gasteiger partial charge in [0.05, 0.1) is 30.4 Å². The summed E-state index contributed by atoms with van der Waals surface area (Å²) in [6.07, 6.45) is -0.0809. The van der Waals surface area contributed by atoms with E-state index in [0.717, 1.165) is 25.3 Å². The Morgan fingerprint density at radius 1 is 1.43 bits per heavy atom. The summed E-state index contributed by atoms with van der Waals surface area (Å²) in [5.41, 5.74) is -0.912. The van der Waals surface area contributed by atoms with E-state index in [4.69, 9.17) is 21.1 Å². The zero-order valence-electron chi connectivity index (χ0n) is 15.3. The first-order chi connectivity index (χ1) is 12.9. The molecule has 3 atom stereocenters. The Morgan fingerprint density at radius 3 is 2.79 bits per heavy atom. The Hall–Kier alpha value is -1.01. The van der Waals surface area contributed by atoms with Gasteiger partial charge in [-0.3, -0.25) is 0 Å². The monoisotopic (exact) mass is 534 g/mol. The van der Waals surface area contributed by atoms with Gasteiger partial charge in [-0.25, -0.2) is 9.98 Å². The normalized spacial score (nSPS) is 24.0. The fourth-order valence-corrected chi connectivity index (χ4v) is 3.49. The van der Waals surface area contributed by atoms with Gasteiger partial charge in [-0.15, -0.1) is 24.0 Å². The Balaban J connectivity index is 0.00000280. The fourth-order valence-electron chi connectivity index (χ4n) is 3.27. The van der Waals surface area contributed by atoms with Crippen molar-refractivity contribution in [2.24, 2.45) is 4.99 Å². The Morgan fingerprint density at radius 2 is 2.21 bits per heavy atom. The van der Waals surface area contributed by atoms with Crippen molar-refractivity contribution >= 4 is 41.5 Å². The molecule has 0 aromatic carbocycles. The number of nitrogens with one attached hydrogen (secondary N) is 2. The molecule has 0 spiro atoms. The SMILES string of the molecule is CCNC(=NCCOc1ncc(C(F)(F)F)cc1Cl)NC1CC2CCC1O2.I. The molecule has 2 N–H and O–H groups in total. The van der Waals surface area contributed by atoms with Gasteiger partial charge in [0, 0.05) is 12.7 Å². The van der Waals surface area contributed by atoms with Crippen LogP contribution in [0.5, 0.6) is 5.88 Å². The van der Waals surface area contributed by atoms with Crippen LogP contribution in [0.3, 0.4) is 0 Å². The maximum absolute atomic E-state index is 12.6. The molecule has 2 aliphatic rings. The van der Waals surface area contributed by atoms with E-state index < -0.39 is 11.7 Å². The molecule has 158 valence electrons. The van der Waals surface area contributed by atoms with Crippen molar-refractivity contribution < 1.29 is 22.6 Å². The fraction of sp³-hybridized carbons (Fsp3) is 0.647. The summed E-state index contributed by atoms with van der Waals surface area (Å²) in [5, 5.41) is 6.36. The van der Waals surface area contributed by atoms with Crippen molar-refractivity contribution in [2.75, 3.05) is 19.7 Å². The summed E-state index contributed by atoms with van der Waals surface area (Å²) in [5.74, 6) is 0.619. The molecule has 3 unspecified atom stereocenters. The van der Waals surface area contributed by atoms with Gasteiger partial charge in [0.1, 0.15) is 11.6 Å². The van der Waals surface area contributed by atoms with Gasteiger partial charge in [0.2, 0.25) is 5.88 Å². The van der Waals surface area contributed by atoms with E-state index in [1.165, 1.54) is 0 Å². The molecule has 6 nitrogen and oxygen atoms in total. The number of halogens is 5. The molecule has 2 aliphatic heterocycles. The van der Waals surface area contributed by atoms with Crippen LogP contribution in [-0.2, 0) is 10.9 Å². The average Bonchev–Trinajstić information content (AvgIpc) is 3.22. The molecular formula is C17H23ClF3IN4O2. The number of aromatic nitrogens is 1. The van der Waals surface area contributed by atoms with Crippen LogP contribution in [0.2, 0.25) is 5.02 Å². The van der Waals surface area contributed by atoms with Gasteiger partial charge in [0.25, 0.3) is 0 Å². The van der Waals surface area contributed by atoms with Crippen LogP contribution in [-0.4, -0.2) is 48.9 Å². The maximum atomic E-state index is 12.6. The number of hydrogen-bond acceptors (Lipinski definition) is 4. The summed E-state index contributed by atoms with van der Waals surface area (Å²) in [7, 11) is 0. The number of hydrogen-bond donors (Lipinski definition) is 2. The molecule has 3 heterocycles. The lowest BCUT2D eigenvalue weighted by Crippen LogP contribution is -2.47. The van der Waals surface area contributed by atoms with E-state index >= 15 is 0 Å². The molecule has 0 amide bonds. The molecule has 0 saturated carbocycles. The Kier molecular flexibility index (Phi) is 8.44. The van der Waals surface area contributed by atoms with Crippen molar-refractivity contribution in [3.63, 3.8) is 0 Å². The van der Waals surface area contributed by atoms with Crippen molar-refractivity contribution in [1.29, 1.82) is 0 Å². The highest BCUT2D eigenvalue weighted by Gasteiger charge is 2.41. The zero-order valence-corrected chi connectivity index (χ0v) is 18.3. The molecule has 28 heavy (non-hydrogen) atoms. The number of aliphatic imine (C=N–C) groups is 1. The van der Waals surface area contributed by atoms with E-state index in [0.29, 0.717) is 31.3 Å². The minimum Gasteiger partial charge on any atom is -0.475 e. The standard InChI is InChI=1S/C17H22ClF3N4O2.HI/c1-2-22-16(25-13-8-11-3-4-14(13)27-11)23-5-6-26-15-12(18)7-10(9-24-15)17(19,20)21;/h7,9,11,13-14H,2-6,8H2,1H3,(H2,22,23,25);1H. The second-order valence-corrected chi connectivity index (χ2v) is 6.89. The third kappa shape index (κ3) is 5.99. The third-order valence-corrected chi connectivity index (χ3v) is 4.78. The van der Waals surface area contributed by atoms with Crippen LogP contribution in [0.1, 0.15) is 31.7 Å². The lowest BCUT2D eigenvalue weighted by atomic mass is 9.96. The highest BCUT2D eigenvalue weighted by Crippen LogP contribution is 2.34. The molecule has 3 rings (SSSR count). The number of alkyl halides is 3. The molecule has 0 radical (unpaired) electrons. The zero-order chi connectivity index (χ0) is 19.4. The van der Waals surface area contributed by atoms with Crippen molar-refractivity contribution in [2.45, 2.75) is 50.6 Å². The maximum Gasteiger partial charge on any atom is 0.417 e. The first-order valence-corrected chi connectivity index (χ1v) is 9.30. The summed E-state index contributed by atoms with van der Waals surface area (Å²) >= 11 is 5.81. The smallest absolute Gasteiger partial charge is 0.417 e. The van der Waals surface area contributed by atoms with Crippen LogP contribution in [0.4, 0.5) is 13.2 Å². The van der Waals surface area contributed by atoms with Crippen LogP contribution >= 0.6 is 35.6 Å². The highest BCUT2D eigenvalue weighted by atomic mass is 127. The molecule has 1 aromatic heterocycles. The van der Waals surface area contributed by atoms with E-state index in [-0.39, 0.29) is 53.6 Å². The summed E-state index contributed by atoms with van der Waals surface area (Å²) in [6, 6.07) is 1.04. The number of ether oxygens (including phenoxy) is 2. The molecule has 1 aromatic rings. The first kappa shape index (κ1) is 23.3. The molecule has 2 fully saturated rings. The van der Waals surface area contributed by atoms with Crippen LogP contribution in [0.15, 0.2) is 17.3 Å². The predicted octanol–water partition coefficient (Wildman–Crippen LogP) is 3.63. The van der Waals surface area contributed by atoms with Gasteiger partial charge < -0.3 is 20.1 Å². The second kappa shape index (κ2) is 10.1. The van der Waals surface area contributed by atoms with Gasteiger partial charge in [-0.2, -0.15) is 13.2 Å². The van der Waals surface area contributed by atoms with E-state index in [2.05, 4.69) is 20.6 Å². The summed E-state index contributed by atoms with van der Waals surface area (Å²) < 4.78 is 49.0. The topological polar surface area (TPSA) is 67.8 Å². The van der Waals surface area contributed by atoms with Crippen LogP contribution < -0.4 is 15.4 Å². The number of fused-ring (bicyclic) bond motifs is 2. The predicted molar refractivity (Wildman–Crippen MR) is 111 cm³/mol. The van der Waals surface area contributed by atoms with Gasteiger partial charge in [0.15, 0.2) is 5.96 Å². The lowest BCUT2D eigenvalue weighted by molar-refractivity contribution is -0.137. The molecule has 11 heteroatoms. The van der Waals surface area contributed by atoms with Gasteiger partial charge >= 0.3 is 6.18 Å². The summed E-state index contributed by atoms with van der Waals surface area (Å²) in [6.45, 7) is 3.12. The molecular weight excluding hydrogens is 512 g/mol. The number of rotatable bonds is 6. The van der Waals surface area contributed by atoms with E-state index in [9.17, 15) is 13.2 Å². The minimum atomic E-state index is -4.49. The molecule has 2 bridgehead atoms. The van der Waals surface area contributed by atoms with Crippen molar-refractivity contribution in [3.8, 4) is 5.88 Å². The third-order valence-electron chi connectivity index (χ3n) is 4.51. The number of guanidine groups is 1. The quantitative estimate of drug-likeness (QED) is 0.253. The molecule has 0 aliphatic carbocycles. The lowest BCUT2D eigenvalue weighted by Gasteiger charge is -2.22. The van der Waals surface area contributed by atoms with Crippen molar-refractivity contribution in [1.82, 2.24) is 15.6 Å². The first-order valence-electron chi connectivity index (χ1n) is 8.92. The van der Waals surface area contributed by atoms with E-state index in [1.54, 1.807) is 0 Å². The minimum absolute atomic E-state index is 0. The largest absolute Gasteiger partial charge is 0.475 e. The van der Waals surface area contributed by atoms with Crippen LogP contribution in [0.25, 0.3) is 0 Å². The molecule has 2 saturated heterocycles. The Labute approximate surface area is 183 Å². The van der Waals surface area contributed by atoms with Crippen molar-refractivity contribution in [3.05, 3.63) is 22.8 Å². The van der Waals surface area contributed by atoms with Gasteiger partial charge in [-0.1, -0.05) is 11.6 Å². The van der Waals surface area contributed by atoms with E-state index in [1.807, 2.05) is 6.92 Å². The van der Waals surface area contributed by atoms with Crippen LogP contribution in [0, 0.1) is 0 Å². The Bertz CT molecular complexity index is 693. The highest BCUT2D eigenvalue weighted by molar-refractivity contribution is 14.0. The number of nitrogens with zero attached hydrogens (tertiary/aromatic N) is 2. The summed E-state index contributed by atoms with van der Waals surface area (Å²) in [4.78, 5) is 8.06. The van der Waals surface area contributed by atoms with Gasteiger partial charge in [-0.05, 0) is 32.3 Å². The number of pyridine rings is 1. The second-order valence-electron chi connectivity index (χ2n) is 6.48. The average molecular weight is 535 g/mol.